The number of allylic oxidation sites excluding steroid dienone is 10. The van der Waals surface area contributed by atoms with Crippen molar-refractivity contribution in [1.82, 2.24) is 0 Å². The maximum absolute atomic E-state index is 3.96. The van der Waals surface area contributed by atoms with Crippen LogP contribution >= 0.6 is 0 Å². The first-order chi connectivity index (χ1) is 11.8. The summed E-state index contributed by atoms with van der Waals surface area (Å²) >= 11 is 0. The summed E-state index contributed by atoms with van der Waals surface area (Å²) in [5, 5.41) is 0. The smallest absolute Gasteiger partial charge is 0.0250 e. The molecule has 0 aromatic rings. The molecule has 0 aliphatic heterocycles. The van der Waals surface area contributed by atoms with E-state index in [1.807, 2.05) is 6.08 Å². The Labute approximate surface area is 157 Å². The molecule has 0 N–H and O–H groups in total. The Morgan fingerprint density at radius 1 is 0.600 bits per heavy atom. The summed E-state index contributed by atoms with van der Waals surface area (Å²) in [6, 6.07) is 0. The molecular weight excluding hydrogens is 300 g/mol. The van der Waals surface area contributed by atoms with Gasteiger partial charge in [-0.2, -0.15) is 0 Å². The minimum atomic E-state index is 1.02. The van der Waals surface area contributed by atoms with Crippen molar-refractivity contribution in [3.8, 4) is 0 Å². The van der Waals surface area contributed by atoms with Crippen LogP contribution in [0.4, 0.5) is 0 Å². The summed E-state index contributed by atoms with van der Waals surface area (Å²) < 4.78 is 0. The molecule has 0 radical (unpaired) electrons. The lowest BCUT2D eigenvalue weighted by Crippen LogP contribution is -1.82. The first-order valence-corrected chi connectivity index (χ1v) is 9.75. The first-order valence-electron chi connectivity index (χ1n) is 9.75. The van der Waals surface area contributed by atoms with Gasteiger partial charge in [0.2, 0.25) is 0 Å². The third-order valence-electron chi connectivity index (χ3n) is 4.40. The Morgan fingerprint density at radius 2 is 0.960 bits per heavy atom. The maximum atomic E-state index is 3.96. The average Bonchev–Trinajstić information content (AvgIpc) is 2.54. The summed E-state index contributed by atoms with van der Waals surface area (Å²) in [4.78, 5) is 0. The molecule has 140 valence electrons. The third kappa shape index (κ3) is 15.7. The van der Waals surface area contributed by atoms with Crippen LogP contribution in [0, 0.1) is 0 Å². The van der Waals surface area contributed by atoms with Crippen molar-refractivity contribution < 1.29 is 0 Å². The maximum Gasteiger partial charge on any atom is -0.0250 e. The number of hydrogen-bond donors (Lipinski definition) is 0. The topological polar surface area (TPSA) is 0 Å². The van der Waals surface area contributed by atoms with Crippen molar-refractivity contribution in [2.45, 2.75) is 86.0 Å². The zero-order chi connectivity index (χ0) is 19.1. The van der Waals surface area contributed by atoms with Crippen LogP contribution in [-0.4, -0.2) is 0 Å². The molecular formula is C25H40. The van der Waals surface area contributed by atoms with Crippen molar-refractivity contribution in [1.29, 1.82) is 0 Å². The van der Waals surface area contributed by atoms with Crippen LogP contribution < -0.4 is 0 Å². The molecule has 0 saturated heterocycles. The Hall–Kier alpha value is -1.56. The zero-order valence-corrected chi connectivity index (χ0v) is 17.5. The van der Waals surface area contributed by atoms with E-state index in [1.54, 1.807) is 0 Å². The molecule has 0 heteroatoms. The van der Waals surface area contributed by atoms with E-state index in [2.05, 4.69) is 72.1 Å². The van der Waals surface area contributed by atoms with Gasteiger partial charge in [-0.25, -0.2) is 0 Å². The second kappa shape index (κ2) is 14.8. The summed E-state index contributed by atoms with van der Waals surface area (Å²) in [6.07, 6.45) is 20.5. The van der Waals surface area contributed by atoms with E-state index < -0.39 is 0 Å². The van der Waals surface area contributed by atoms with Gasteiger partial charge in [-0.05, 0) is 86.0 Å². The predicted molar refractivity (Wildman–Crippen MR) is 117 cm³/mol. The van der Waals surface area contributed by atoms with Crippen molar-refractivity contribution in [3.63, 3.8) is 0 Å². The molecule has 0 aliphatic rings. The highest BCUT2D eigenvalue weighted by Crippen LogP contribution is 2.14. The van der Waals surface area contributed by atoms with E-state index >= 15 is 0 Å². The van der Waals surface area contributed by atoms with Gasteiger partial charge in [-0.3, -0.25) is 0 Å². The van der Waals surface area contributed by atoms with Crippen LogP contribution in [0.3, 0.4) is 0 Å². The van der Waals surface area contributed by atoms with Gasteiger partial charge in [-0.15, -0.1) is 0 Å². The van der Waals surface area contributed by atoms with Gasteiger partial charge >= 0.3 is 0 Å². The van der Waals surface area contributed by atoms with E-state index in [-0.39, 0.29) is 0 Å². The molecule has 0 nitrogen and oxygen atoms in total. The second-order valence-corrected chi connectivity index (χ2v) is 7.45. The highest BCUT2D eigenvalue weighted by atomic mass is 14.0. The zero-order valence-electron chi connectivity index (χ0n) is 17.5. The lowest BCUT2D eigenvalue weighted by atomic mass is 10.0. The largest absolute Gasteiger partial charge is 0.0988 e. The molecule has 25 heavy (non-hydrogen) atoms. The lowest BCUT2D eigenvalue weighted by Gasteiger charge is -2.03. The Kier molecular flexibility index (Phi) is 13.8. The fourth-order valence-corrected chi connectivity index (χ4v) is 2.59. The molecule has 0 aromatic carbocycles. The van der Waals surface area contributed by atoms with Gasteiger partial charge in [0.15, 0.2) is 0 Å². The molecule has 0 aliphatic carbocycles. The summed E-state index contributed by atoms with van der Waals surface area (Å²) in [5.74, 6) is 0. The highest BCUT2D eigenvalue weighted by Gasteiger charge is 1.94. The Bertz CT molecular complexity index is 516. The molecule has 0 amide bonds. The SMILES string of the molecule is C=CC(=C)CCC=C(C)CCC=C(C)CCC=C(C)CCC=C(C)C. The fraction of sp³-hybridized carbons (Fsp3) is 0.520. The summed E-state index contributed by atoms with van der Waals surface area (Å²) in [6.45, 7) is 18.8. The van der Waals surface area contributed by atoms with Crippen molar-refractivity contribution in [2.75, 3.05) is 0 Å². The minimum absolute atomic E-state index is 1.02. The quantitative estimate of drug-likeness (QED) is 0.232. The molecule has 0 saturated carbocycles. The highest BCUT2D eigenvalue weighted by molar-refractivity contribution is 5.12. The second-order valence-electron chi connectivity index (χ2n) is 7.45. The molecule has 0 rings (SSSR count). The van der Waals surface area contributed by atoms with Crippen LogP contribution in [0.1, 0.15) is 86.0 Å². The molecule has 0 spiro atoms. The van der Waals surface area contributed by atoms with E-state index in [0.29, 0.717) is 0 Å². The third-order valence-corrected chi connectivity index (χ3v) is 4.40. The van der Waals surface area contributed by atoms with Gasteiger partial charge in [0.25, 0.3) is 0 Å². The number of hydrogen-bond acceptors (Lipinski definition) is 0. The lowest BCUT2D eigenvalue weighted by molar-refractivity contribution is 0.893. The molecule has 0 unspecified atom stereocenters. The van der Waals surface area contributed by atoms with E-state index in [9.17, 15) is 0 Å². The normalized spacial score (nSPS) is 12.9. The molecule has 0 atom stereocenters. The fourth-order valence-electron chi connectivity index (χ4n) is 2.59. The number of rotatable bonds is 13. The van der Waals surface area contributed by atoms with Crippen LogP contribution in [0.25, 0.3) is 0 Å². The minimum Gasteiger partial charge on any atom is -0.0988 e. The van der Waals surface area contributed by atoms with Gasteiger partial charge < -0.3 is 0 Å². The summed E-state index contributed by atoms with van der Waals surface area (Å²) in [7, 11) is 0. The van der Waals surface area contributed by atoms with Crippen LogP contribution in [0.5, 0.6) is 0 Å². The summed E-state index contributed by atoms with van der Waals surface area (Å²) in [5.41, 5.74) is 7.06. The molecule has 0 heterocycles. The Balaban J connectivity index is 4.01. The van der Waals surface area contributed by atoms with Crippen molar-refractivity contribution >= 4 is 0 Å². The van der Waals surface area contributed by atoms with Gasteiger partial charge in [0.1, 0.15) is 0 Å². The van der Waals surface area contributed by atoms with Gasteiger partial charge in [0.05, 0.1) is 0 Å². The average molecular weight is 341 g/mol. The van der Waals surface area contributed by atoms with Gasteiger partial charge in [0, 0.05) is 0 Å². The van der Waals surface area contributed by atoms with E-state index in [4.69, 9.17) is 0 Å². The molecule has 0 bridgehead atoms. The first kappa shape index (κ1) is 23.4. The molecule has 0 fully saturated rings. The predicted octanol–water partition coefficient (Wildman–Crippen LogP) is 8.65. The Morgan fingerprint density at radius 3 is 1.32 bits per heavy atom. The monoisotopic (exact) mass is 340 g/mol. The van der Waals surface area contributed by atoms with Crippen LogP contribution in [0.2, 0.25) is 0 Å². The van der Waals surface area contributed by atoms with Crippen LogP contribution in [0.15, 0.2) is 71.4 Å². The van der Waals surface area contributed by atoms with Crippen molar-refractivity contribution in [3.05, 3.63) is 71.4 Å². The van der Waals surface area contributed by atoms with E-state index in [1.165, 1.54) is 48.0 Å². The van der Waals surface area contributed by atoms with Gasteiger partial charge in [-0.1, -0.05) is 71.4 Å². The van der Waals surface area contributed by atoms with Crippen LogP contribution in [-0.2, 0) is 0 Å². The van der Waals surface area contributed by atoms with Crippen molar-refractivity contribution in [2.24, 2.45) is 0 Å². The standard InChI is InChI=1S/C25H40/c1-8-22(4)14-10-16-24(6)18-12-20-25(7)19-11-17-23(5)15-9-13-21(2)3/h8,13,16-17,20H,1,4,9-12,14-15,18-19H2,2-3,5-7H3. The molecule has 0 aromatic heterocycles. The van der Waals surface area contributed by atoms with E-state index in [0.717, 1.165) is 31.3 Å².